The third-order valence-corrected chi connectivity index (χ3v) is 10.4. The molecule has 192 valence electrons. The van der Waals surface area contributed by atoms with E-state index in [1.165, 1.54) is 4.31 Å². The van der Waals surface area contributed by atoms with E-state index in [1.807, 2.05) is 0 Å². The van der Waals surface area contributed by atoms with Crippen molar-refractivity contribution in [2.45, 2.75) is 106 Å². The number of fused-ring (bicyclic) bond motifs is 1. The summed E-state index contributed by atoms with van der Waals surface area (Å²) in [5.74, 6) is -2.26. The van der Waals surface area contributed by atoms with Gasteiger partial charge in [0.15, 0.2) is 0 Å². The molecule has 4 rings (SSSR count). The van der Waals surface area contributed by atoms with Gasteiger partial charge in [0, 0.05) is 18.5 Å². The SMILES string of the molecule is N#CC1CCCC(S(=O)(=O)N2C[C@H](CO)OC3CCC(NC(=O)C4C(F)CCCC4F)CC32)C1. The number of morpholine rings is 1. The highest BCUT2D eigenvalue weighted by Crippen LogP contribution is 2.38. The van der Waals surface area contributed by atoms with Crippen LogP contribution in [0.3, 0.4) is 0 Å². The van der Waals surface area contributed by atoms with Crippen LogP contribution >= 0.6 is 0 Å². The average Bonchev–Trinajstić information content (AvgIpc) is 2.83. The van der Waals surface area contributed by atoms with E-state index in [9.17, 15) is 32.4 Å². The van der Waals surface area contributed by atoms with E-state index in [4.69, 9.17) is 4.74 Å². The fourth-order valence-corrected chi connectivity index (χ4v) is 8.47. The van der Waals surface area contributed by atoms with Gasteiger partial charge in [-0.1, -0.05) is 6.42 Å². The molecule has 4 aliphatic rings. The zero-order valence-electron chi connectivity index (χ0n) is 19.3. The number of hydrogen-bond acceptors (Lipinski definition) is 6. The maximum atomic E-state index is 14.3. The minimum Gasteiger partial charge on any atom is -0.394 e. The maximum absolute atomic E-state index is 14.3. The number of carbonyl (C=O) groups is 1. The van der Waals surface area contributed by atoms with Crippen molar-refractivity contribution in [2.75, 3.05) is 13.2 Å². The number of sulfonamides is 1. The second kappa shape index (κ2) is 10.7. The van der Waals surface area contributed by atoms with Gasteiger partial charge in [-0.3, -0.25) is 4.79 Å². The fraction of sp³-hybridized carbons (Fsp3) is 0.913. The summed E-state index contributed by atoms with van der Waals surface area (Å²) < 4.78 is 63.3. The van der Waals surface area contributed by atoms with Gasteiger partial charge in [-0.15, -0.1) is 0 Å². The lowest BCUT2D eigenvalue weighted by atomic mass is 9.83. The Kier molecular flexibility index (Phi) is 8.12. The summed E-state index contributed by atoms with van der Waals surface area (Å²) in [5, 5.41) is 21.1. The molecule has 0 radical (unpaired) electrons. The molecule has 0 bridgehead atoms. The smallest absolute Gasteiger partial charge is 0.229 e. The van der Waals surface area contributed by atoms with Crippen molar-refractivity contribution in [3.8, 4) is 6.07 Å². The number of nitriles is 1. The quantitative estimate of drug-likeness (QED) is 0.592. The van der Waals surface area contributed by atoms with Crippen molar-refractivity contribution in [1.29, 1.82) is 5.26 Å². The van der Waals surface area contributed by atoms with Crippen LogP contribution in [0.15, 0.2) is 0 Å². The lowest BCUT2D eigenvalue weighted by Crippen LogP contribution is -2.63. The first-order chi connectivity index (χ1) is 16.2. The number of nitrogens with one attached hydrogen (secondary N) is 1. The molecule has 0 spiro atoms. The molecule has 8 nitrogen and oxygen atoms in total. The summed E-state index contributed by atoms with van der Waals surface area (Å²) in [4.78, 5) is 12.7. The predicted molar refractivity (Wildman–Crippen MR) is 119 cm³/mol. The number of carbonyl (C=O) groups excluding carboxylic acids is 1. The van der Waals surface area contributed by atoms with Gasteiger partial charge in [0.2, 0.25) is 15.9 Å². The summed E-state index contributed by atoms with van der Waals surface area (Å²) in [5.41, 5.74) is 0. The van der Waals surface area contributed by atoms with Crippen molar-refractivity contribution in [1.82, 2.24) is 9.62 Å². The summed E-state index contributed by atoms with van der Waals surface area (Å²) in [6, 6.07) is 1.24. The van der Waals surface area contributed by atoms with Crippen LogP contribution in [0.4, 0.5) is 8.78 Å². The third kappa shape index (κ3) is 5.25. The molecule has 0 aromatic carbocycles. The van der Waals surface area contributed by atoms with E-state index in [-0.39, 0.29) is 44.8 Å². The van der Waals surface area contributed by atoms with E-state index in [0.717, 1.165) is 0 Å². The molecule has 2 N–H and O–H groups in total. The Hall–Kier alpha value is -1.35. The van der Waals surface area contributed by atoms with Gasteiger partial charge in [-0.05, 0) is 57.8 Å². The minimum atomic E-state index is -3.77. The van der Waals surface area contributed by atoms with Crippen LogP contribution in [-0.4, -0.2) is 78.8 Å². The molecule has 7 unspecified atom stereocenters. The summed E-state index contributed by atoms with van der Waals surface area (Å²) in [7, 11) is -3.77. The molecule has 3 aliphatic carbocycles. The number of alkyl halides is 2. The summed E-state index contributed by atoms with van der Waals surface area (Å²) in [6.45, 7) is -0.297. The Labute approximate surface area is 200 Å². The molecule has 34 heavy (non-hydrogen) atoms. The highest BCUT2D eigenvalue weighted by Gasteiger charge is 2.49. The van der Waals surface area contributed by atoms with Crippen LogP contribution in [0, 0.1) is 23.2 Å². The van der Waals surface area contributed by atoms with Gasteiger partial charge in [0.1, 0.15) is 18.3 Å². The number of halogens is 2. The number of aliphatic hydroxyl groups excluding tert-OH is 1. The van der Waals surface area contributed by atoms with Crippen molar-refractivity contribution in [3.05, 3.63) is 0 Å². The Morgan fingerprint density at radius 2 is 1.79 bits per heavy atom. The lowest BCUT2D eigenvalue weighted by molar-refractivity contribution is -0.137. The first kappa shape index (κ1) is 25.7. The van der Waals surface area contributed by atoms with Crippen LogP contribution < -0.4 is 5.32 Å². The molecular formula is C23H35F2N3O5S. The Morgan fingerprint density at radius 3 is 2.47 bits per heavy atom. The van der Waals surface area contributed by atoms with Gasteiger partial charge in [0.25, 0.3) is 0 Å². The minimum absolute atomic E-state index is 0.0100. The monoisotopic (exact) mass is 503 g/mol. The molecule has 11 heteroatoms. The Bertz CT molecular complexity index is 874. The van der Waals surface area contributed by atoms with Gasteiger partial charge >= 0.3 is 0 Å². The Balaban J connectivity index is 1.49. The van der Waals surface area contributed by atoms with Crippen LogP contribution in [0.2, 0.25) is 0 Å². The zero-order chi connectivity index (χ0) is 24.5. The third-order valence-electron chi connectivity index (χ3n) is 8.02. The highest BCUT2D eigenvalue weighted by atomic mass is 32.2. The normalized spacial score (nSPS) is 41.8. The first-order valence-corrected chi connectivity index (χ1v) is 14.0. The largest absolute Gasteiger partial charge is 0.394 e. The van der Waals surface area contributed by atoms with Crippen molar-refractivity contribution in [3.63, 3.8) is 0 Å². The number of aliphatic hydroxyl groups is 1. The lowest BCUT2D eigenvalue weighted by Gasteiger charge is -2.49. The van der Waals surface area contributed by atoms with E-state index < -0.39 is 63.7 Å². The van der Waals surface area contributed by atoms with Crippen LogP contribution in [0.25, 0.3) is 0 Å². The van der Waals surface area contributed by atoms with Crippen molar-refractivity contribution >= 4 is 15.9 Å². The summed E-state index contributed by atoms with van der Waals surface area (Å²) in [6.07, 6.45) is 0.0307. The molecule has 4 fully saturated rings. The van der Waals surface area contributed by atoms with E-state index in [2.05, 4.69) is 11.4 Å². The van der Waals surface area contributed by atoms with Crippen LogP contribution in [0.5, 0.6) is 0 Å². The van der Waals surface area contributed by atoms with E-state index >= 15 is 0 Å². The molecule has 3 saturated carbocycles. The first-order valence-electron chi connectivity index (χ1n) is 12.5. The second-order valence-corrected chi connectivity index (χ2v) is 12.4. The zero-order valence-corrected chi connectivity index (χ0v) is 20.1. The van der Waals surface area contributed by atoms with E-state index in [1.54, 1.807) is 0 Å². The van der Waals surface area contributed by atoms with Crippen LogP contribution in [-0.2, 0) is 19.6 Å². The highest BCUT2D eigenvalue weighted by molar-refractivity contribution is 7.89. The second-order valence-electron chi connectivity index (χ2n) is 10.3. The van der Waals surface area contributed by atoms with Crippen molar-refractivity contribution in [2.24, 2.45) is 11.8 Å². The average molecular weight is 504 g/mol. The molecule has 1 heterocycles. The number of rotatable bonds is 5. The molecule has 0 aromatic heterocycles. The molecule has 0 aromatic rings. The number of amides is 1. The predicted octanol–water partition coefficient (Wildman–Crippen LogP) is 1.97. The van der Waals surface area contributed by atoms with Crippen molar-refractivity contribution < 1.29 is 31.8 Å². The summed E-state index contributed by atoms with van der Waals surface area (Å²) >= 11 is 0. The molecule has 1 amide bonds. The van der Waals surface area contributed by atoms with Crippen LogP contribution in [0.1, 0.15) is 64.2 Å². The number of hydrogen-bond donors (Lipinski definition) is 2. The molecular weight excluding hydrogens is 468 g/mol. The van der Waals surface area contributed by atoms with Gasteiger partial charge < -0.3 is 15.2 Å². The molecule has 1 saturated heterocycles. The van der Waals surface area contributed by atoms with Gasteiger partial charge in [-0.25, -0.2) is 17.2 Å². The molecule has 1 aliphatic heterocycles. The maximum Gasteiger partial charge on any atom is 0.229 e. The fourth-order valence-electron chi connectivity index (χ4n) is 6.18. The van der Waals surface area contributed by atoms with E-state index in [0.29, 0.717) is 38.5 Å². The number of nitrogens with zero attached hydrogens (tertiary/aromatic N) is 2. The topological polar surface area (TPSA) is 120 Å². The standard InChI is InChI=1S/C23H35F2N3O5S/c24-18-5-2-6-19(25)22(18)23(30)27-15-7-8-21-20(10-15)28(12-16(13-29)33-21)34(31,32)17-4-1-3-14(9-17)11-26/h14-22,29H,1-10,12-13H2,(H,27,30)/t14?,15?,16-,17?,18?,19?,20?,21?,22?/m1/s1. The van der Waals surface area contributed by atoms with Gasteiger partial charge in [0.05, 0.1) is 36.2 Å². The molecule has 8 atom stereocenters. The van der Waals surface area contributed by atoms with Gasteiger partial charge in [-0.2, -0.15) is 9.57 Å². The number of ether oxygens (including phenoxy) is 1. The Morgan fingerprint density at radius 1 is 1.09 bits per heavy atom.